The maximum absolute atomic E-state index is 6.18. The molecule has 1 unspecified atom stereocenters. The summed E-state index contributed by atoms with van der Waals surface area (Å²) in [5.74, 6) is 0. The number of piperazine rings is 1. The van der Waals surface area contributed by atoms with Crippen LogP contribution in [0.5, 0.6) is 0 Å². The zero-order chi connectivity index (χ0) is 14.6. The smallest absolute Gasteiger partial charge is 0.0572 e. The van der Waals surface area contributed by atoms with E-state index in [1.165, 1.54) is 58.3 Å². The number of nitrogens with two attached hydrogens (primary N) is 1. The first-order valence-electron chi connectivity index (χ1n) is 8.37. The molecule has 1 aliphatic carbocycles. The topological polar surface area (TPSA) is 41.7 Å². The number of rotatable bonds is 5. The van der Waals surface area contributed by atoms with Gasteiger partial charge in [0.05, 0.1) is 6.10 Å². The van der Waals surface area contributed by atoms with Crippen molar-refractivity contribution in [2.45, 2.75) is 63.6 Å². The third-order valence-corrected chi connectivity index (χ3v) is 5.78. The average Bonchev–Trinajstić information content (AvgIpc) is 2.54. The van der Waals surface area contributed by atoms with E-state index < -0.39 is 0 Å². The Morgan fingerprint density at radius 3 is 2.25 bits per heavy atom. The van der Waals surface area contributed by atoms with Gasteiger partial charge in [0.25, 0.3) is 0 Å². The van der Waals surface area contributed by atoms with Crippen molar-refractivity contribution < 1.29 is 4.74 Å². The molecule has 0 aromatic carbocycles. The number of hydrogen-bond acceptors (Lipinski definition) is 4. The van der Waals surface area contributed by atoms with Gasteiger partial charge >= 0.3 is 0 Å². The summed E-state index contributed by atoms with van der Waals surface area (Å²) < 4.78 is 5.51. The van der Waals surface area contributed by atoms with Crippen LogP contribution >= 0.6 is 0 Å². The van der Waals surface area contributed by atoms with E-state index >= 15 is 0 Å². The third kappa shape index (κ3) is 3.35. The predicted octanol–water partition coefficient (Wildman–Crippen LogP) is 1.69. The Morgan fingerprint density at radius 1 is 1.20 bits per heavy atom. The van der Waals surface area contributed by atoms with Gasteiger partial charge in [-0.05, 0) is 39.0 Å². The maximum Gasteiger partial charge on any atom is 0.0572 e. The van der Waals surface area contributed by atoms with Crippen LogP contribution in [-0.4, -0.2) is 67.3 Å². The van der Waals surface area contributed by atoms with Crippen LogP contribution in [0.25, 0.3) is 0 Å². The molecular weight excluding hydrogens is 250 g/mol. The molecule has 1 saturated carbocycles. The van der Waals surface area contributed by atoms with Crippen molar-refractivity contribution in [3.05, 3.63) is 0 Å². The van der Waals surface area contributed by atoms with Gasteiger partial charge in [-0.1, -0.05) is 6.92 Å². The van der Waals surface area contributed by atoms with Crippen molar-refractivity contribution in [1.29, 1.82) is 0 Å². The highest BCUT2D eigenvalue weighted by atomic mass is 16.5. The Hall–Kier alpha value is -0.160. The molecular formula is C16H33N3O. The molecule has 1 saturated heterocycles. The van der Waals surface area contributed by atoms with Gasteiger partial charge in [-0.15, -0.1) is 0 Å². The van der Waals surface area contributed by atoms with Crippen molar-refractivity contribution in [2.75, 3.05) is 39.8 Å². The third-order valence-electron chi connectivity index (χ3n) is 5.78. The van der Waals surface area contributed by atoms with Crippen LogP contribution in [0.1, 0.15) is 46.0 Å². The summed E-state index contributed by atoms with van der Waals surface area (Å²) in [5, 5.41) is 0. The SMILES string of the molecule is CCC(C)N1CCN(C2(CN)CCC(OC)CC2)CC1. The van der Waals surface area contributed by atoms with Gasteiger partial charge in [0, 0.05) is 51.4 Å². The molecule has 0 aromatic heterocycles. The van der Waals surface area contributed by atoms with Gasteiger partial charge in [-0.2, -0.15) is 0 Å². The Kier molecular flexibility index (Phi) is 5.84. The molecule has 4 heteroatoms. The second-order valence-electron chi connectivity index (χ2n) is 6.64. The first-order chi connectivity index (χ1) is 9.65. The molecule has 20 heavy (non-hydrogen) atoms. The lowest BCUT2D eigenvalue weighted by Crippen LogP contribution is -2.62. The van der Waals surface area contributed by atoms with Gasteiger partial charge < -0.3 is 10.5 Å². The van der Waals surface area contributed by atoms with Crippen LogP contribution in [0.15, 0.2) is 0 Å². The van der Waals surface area contributed by atoms with Crippen LogP contribution in [0, 0.1) is 0 Å². The van der Waals surface area contributed by atoms with Gasteiger partial charge in [0.15, 0.2) is 0 Å². The summed E-state index contributed by atoms with van der Waals surface area (Å²) in [6.45, 7) is 10.2. The van der Waals surface area contributed by atoms with E-state index in [1.807, 2.05) is 7.11 Å². The van der Waals surface area contributed by atoms with E-state index in [2.05, 4.69) is 23.6 Å². The van der Waals surface area contributed by atoms with Crippen LogP contribution in [0.2, 0.25) is 0 Å². The second kappa shape index (κ2) is 7.21. The molecule has 2 rings (SSSR count). The van der Waals surface area contributed by atoms with E-state index in [-0.39, 0.29) is 5.54 Å². The molecule has 2 N–H and O–H groups in total. The van der Waals surface area contributed by atoms with Gasteiger partial charge in [0.1, 0.15) is 0 Å². The Balaban J connectivity index is 1.90. The molecule has 0 aromatic rings. The normalized spacial score (nSPS) is 35.1. The molecule has 2 aliphatic rings. The van der Waals surface area contributed by atoms with Crippen molar-refractivity contribution in [3.8, 4) is 0 Å². The highest BCUT2D eigenvalue weighted by Gasteiger charge is 2.40. The summed E-state index contributed by atoms with van der Waals surface area (Å²) >= 11 is 0. The highest BCUT2D eigenvalue weighted by molar-refractivity contribution is 4.98. The predicted molar refractivity (Wildman–Crippen MR) is 83.9 cm³/mol. The van der Waals surface area contributed by atoms with E-state index in [0.29, 0.717) is 6.10 Å². The molecule has 0 radical (unpaired) electrons. The summed E-state index contributed by atoms with van der Waals surface area (Å²) in [5.41, 5.74) is 6.43. The lowest BCUT2D eigenvalue weighted by atomic mass is 9.78. The Bertz CT molecular complexity index is 281. The van der Waals surface area contributed by atoms with Crippen molar-refractivity contribution in [1.82, 2.24) is 9.80 Å². The molecule has 2 fully saturated rings. The lowest BCUT2D eigenvalue weighted by molar-refractivity contribution is -0.0311. The average molecular weight is 283 g/mol. The first-order valence-corrected chi connectivity index (χ1v) is 8.37. The first kappa shape index (κ1) is 16.2. The van der Waals surface area contributed by atoms with E-state index in [0.717, 1.165) is 12.6 Å². The fourth-order valence-electron chi connectivity index (χ4n) is 3.91. The molecule has 0 spiro atoms. The summed E-state index contributed by atoms with van der Waals surface area (Å²) in [6.07, 6.45) is 6.43. The monoisotopic (exact) mass is 283 g/mol. The molecule has 1 aliphatic heterocycles. The van der Waals surface area contributed by atoms with Crippen LogP contribution < -0.4 is 5.73 Å². The van der Waals surface area contributed by atoms with E-state index in [4.69, 9.17) is 10.5 Å². The fourth-order valence-corrected chi connectivity index (χ4v) is 3.91. The van der Waals surface area contributed by atoms with Crippen LogP contribution in [-0.2, 0) is 4.74 Å². The number of hydrogen-bond donors (Lipinski definition) is 1. The molecule has 0 amide bonds. The van der Waals surface area contributed by atoms with Crippen molar-refractivity contribution >= 4 is 0 Å². The summed E-state index contributed by atoms with van der Waals surface area (Å²) in [7, 11) is 1.84. The minimum atomic E-state index is 0.247. The number of nitrogens with zero attached hydrogens (tertiary/aromatic N) is 2. The zero-order valence-electron chi connectivity index (χ0n) is 13.6. The second-order valence-corrected chi connectivity index (χ2v) is 6.64. The highest BCUT2D eigenvalue weighted by Crippen LogP contribution is 2.34. The minimum absolute atomic E-state index is 0.247. The van der Waals surface area contributed by atoms with Crippen molar-refractivity contribution in [2.24, 2.45) is 5.73 Å². The maximum atomic E-state index is 6.18. The quantitative estimate of drug-likeness (QED) is 0.834. The van der Waals surface area contributed by atoms with Gasteiger partial charge in [0.2, 0.25) is 0 Å². The van der Waals surface area contributed by atoms with Crippen LogP contribution in [0.4, 0.5) is 0 Å². The fraction of sp³-hybridized carbons (Fsp3) is 1.00. The molecule has 4 nitrogen and oxygen atoms in total. The molecule has 1 heterocycles. The zero-order valence-corrected chi connectivity index (χ0v) is 13.6. The van der Waals surface area contributed by atoms with Gasteiger partial charge in [-0.3, -0.25) is 9.80 Å². The molecule has 1 atom stereocenters. The Morgan fingerprint density at radius 2 is 1.80 bits per heavy atom. The van der Waals surface area contributed by atoms with E-state index in [9.17, 15) is 0 Å². The number of ether oxygens (including phenoxy) is 1. The Labute approximate surface area is 124 Å². The minimum Gasteiger partial charge on any atom is -0.381 e. The van der Waals surface area contributed by atoms with E-state index in [1.54, 1.807) is 0 Å². The summed E-state index contributed by atoms with van der Waals surface area (Å²) in [4.78, 5) is 5.30. The van der Waals surface area contributed by atoms with Crippen LogP contribution in [0.3, 0.4) is 0 Å². The molecule has 0 bridgehead atoms. The van der Waals surface area contributed by atoms with Crippen molar-refractivity contribution in [3.63, 3.8) is 0 Å². The van der Waals surface area contributed by atoms with Gasteiger partial charge in [-0.25, -0.2) is 0 Å². The standard InChI is InChI=1S/C16H33N3O/c1-4-14(2)18-9-11-19(12-10-18)16(13-17)7-5-15(20-3)6-8-16/h14-15H,4-13,17H2,1-3H3. The lowest BCUT2D eigenvalue weighted by Gasteiger charge is -2.51. The summed E-state index contributed by atoms with van der Waals surface area (Å²) in [6, 6.07) is 0.718. The largest absolute Gasteiger partial charge is 0.381 e. The molecule has 118 valence electrons. The number of methoxy groups -OCH3 is 1.